The predicted molar refractivity (Wildman–Crippen MR) is 80.5 cm³/mol. The van der Waals surface area contributed by atoms with Gasteiger partial charge in [-0.05, 0) is 45.4 Å². The Bertz CT molecular complexity index is 345. The second-order valence-corrected chi connectivity index (χ2v) is 5.15. The van der Waals surface area contributed by atoms with E-state index in [0.29, 0.717) is 13.2 Å². The van der Waals surface area contributed by atoms with E-state index >= 15 is 0 Å². The van der Waals surface area contributed by atoms with E-state index < -0.39 is 0 Å². The van der Waals surface area contributed by atoms with Gasteiger partial charge in [0.05, 0.1) is 6.61 Å². The fraction of sp³-hybridized carbons (Fsp3) is 0.600. The van der Waals surface area contributed by atoms with Crippen LogP contribution >= 0.6 is 11.6 Å². The molecule has 1 aromatic carbocycles. The lowest BCUT2D eigenvalue weighted by atomic mass is 10.2. The van der Waals surface area contributed by atoms with Gasteiger partial charge in [0.1, 0.15) is 6.61 Å². The quantitative estimate of drug-likeness (QED) is 0.527. The zero-order valence-corrected chi connectivity index (χ0v) is 12.6. The Balaban J connectivity index is 2.15. The fourth-order valence-corrected chi connectivity index (χ4v) is 1.86. The standard InChI is InChI=1S/C15H24ClNO2/c1-3-18-14-8-4-5-9-15(14)19-12-11-17-10-6-7-13(2)16/h4-5,8-9,13,17H,3,6-7,10-12H2,1-2H3. The average molecular weight is 286 g/mol. The number of benzene rings is 1. The van der Waals surface area contributed by atoms with E-state index in [1.807, 2.05) is 38.1 Å². The normalized spacial score (nSPS) is 12.2. The van der Waals surface area contributed by atoms with Crippen LogP contribution in [-0.4, -0.2) is 31.7 Å². The summed E-state index contributed by atoms with van der Waals surface area (Å²) in [5.41, 5.74) is 0. The number of ether oxygens (including phenoxy) is 2. The number of rotatable bonds is 10. The van der Waals surface area contributed by atoms with Crippen LogP contribution in [0.3, 0.4) is 0 Å². The van der Waals surface area contributed by atoms with Gasteiger partial charge in [-0.1, -0.05) is 12.1 Å². The van der Waals surface area contributed by atoms with E-state index in [-0.39, 0.29) is 5.38 Å². The van der Waals surface area contributed by atoms with Gasteiger partial charge in [-0.15, -0.1) is 11.6 Å². The second-order valence-electron chi connectivity index (χ2n) is 4.40. The monoisotopic (exact) mass is 285 g/mol. The van der Waals surface area contributed by atoms with Crippen LogP contribution in [0, 0.1) is 0 Å². The molecular weight excluding hydrogens is 262 g/mol. The van der Waals surface area contributed by atoms with Crippen LogP contribution in [0.25, 0.3) is 0 Å². The maximum atomic E-state index is 5.88. The van der Waals surface area contributed by atoms with Crippen LogP contribution in [0.5, 0.6) is 11.5 Å². The van der Waals surface area contributed by atoms with Crippen LogP contribution in [0.15, 0.2) is 24.3 Å². The molecule has 0 saturated carbocycles. The zero-order valence-electron chi connectivity index (χ0n) is 11.8. The smallest absolute Gasteiger partial charge is 0.161 e. The summed E-state index contributed by atoms with van der Waals surface area (Å²) in [6.07, 6.45) is 2.14. The molecule has 1 aromatic rings. The van der Waals surface area contributed by atoms with Crippen LogP contribution in [0.2, 0.25) is 0 Å². The first-order valence-electron chi connectivity index (χ1n) is 6.93. The molecule has 0 radical (unpaired) electrons. The molecule has 0 aliphatic carbocycles. The Morgan fingerprint density at radius 1 is 1.16 bits per heavy atom. The molecule has 0 spiro atoms. The van der Waals surface area contributed by atoms with Gasteiger partial charge >= 0.3 is 0 Å². The zero-order chi connectivity index (χ0) is 13.9. The highest BCUT2D eigenvalue weighted by Gasteiger charge is 2.02. The summed E-state index contributed by atoms with van der Waals surface area (Å²) in [5.74, 6) is 1.61. The molecule has 1 atom stereocenters. The third kappa shape index (κ3) is 7.28. The maximum Gasteiger partial charge on any atom is 0.161 e. The van der Waals surface area contributed by atoms with Crippen molar-refractivity contribution in [2.24, 2.45) is 0 Å². The Labute approximate surface area is 121 Å². The van der Waals surface area contributed by atoms with Gasteiger partial charge in [0.15, 0.2) is 11.5 Å². The predicted octanol–water partition coefficient (Wildman–Crippen LogP) is 3.46. The fourth-order valence-electron chi connectivity index (χ4n) is 1.71. The minimum atomic E-state index is 0.260. The second kappa shape index (κ2) is 9.93. The SMILES string of the molecule is CCOc1ccccc1OCCNCCCC(C)Cl. The lowest BCUT2D eigenvalue weighted by Gasteiger charge is -2.12. The Morgan fingerprint density at radius 3 is 2.47 bits per heavy atom. The van der Waals surface area contributed by atoms with Gasteiger partial charge in [0.2, 0.25) is 0 Å². The summed E-state index contributed by atoms with van der Waals surface area (Å²) < 4.78 is 11.2. The average Bonchev–Trinajstić information content (AvgIpc) is 2.39. The van der Waals surface area contributed by atoms with Crippen molar-refractivity contribution in [3.8, 4) is 11.5 Å². The molecule has 4 heteroatoms. The Morgan fingerprint density at radius 2 is 1.84 bits per heavy atom. The van der Waals surface area contributed by atoms with E-state index in [2.05, 4.69) is 5.32 Å². The van der Waals surface area contributed by atoms with Crippen LogP contribution in [0.1, 0.15) is 26.7 Å². The number of hydrogen-bond donors (Lipinski definition) is 1. The summed E-state index contributed by atoms with van der Waals surface area (Å²) in [5, 5.41) is 3.60. The number of nitrogens with one attached hydrogen (secondary N) is 1. The first-order valence-corrected chi connectivity index (χ1v) is 7.37. The first-order chi connectivity index (χ1) is 9.24. The largest absolute Gasteiger partial charge is 0.490 e. The molecule has 1 N–H and O–H groups in total. The van der Waals surface area contributed by atoms with Gasteiger partial charge < -0.3 is 14.8 Å². The van der Waals surface area contributed by atoms with E-state index in [1.54, 1.807) is 0 Å². The summed E-state index contributed by atoms with van der Waals surface area (Å²) in [6.45, 7) is 7.09. The van der Waals surface area contributed by atoms with Crippen molar-refractivity contribution >= 4 is 11.6 Å². The molecule has 0 heterocycles. The van der Waals surface area contributed by atoms with Crippen molar-refractivity contribution in [2.75, 3.05) is 26.3 Å². The van der Waals surface area contributed by atoms with Gasteiger partial charge in [-0.3, -0.25) is 0 Å². The van der Waals surface area contributed by atoms with Gasteiger partial charge in [0, 0.05) is 11.9 Å². The highest BCUT2D eigenvalue weighted by atomic mass is 35.5. The molecule has 1 unspecified atom stereocenters. The summed E-state index contributed by atoms with van der Waals surface area (Å²) in [4.78, 5) is 0. The van der Waals surface area contributed by atoms with Crippen LogP contribution in [0.4, 0.5) is 0 Å². The maximum absolute atomic E-state index is 5.88. The summed E-state index contributed by atoms with van der Waals surface area (Å²) in [6, 6.07) is 7.75. The van der Waals surface area contributed by atoms with E-state index in [9.17, 15) is 0 Å². The molecule has 0 aliphatic heterocycles. The first kappa shape index (κ1) is 16.1. The van der Waals surface area contributed by atoms with Gasteiger partial charge in [-0.25, -0.2) is 0 Å². The molecule has 108 valence electrons. The number of halogens is 1. The minimum Gasteiger partial charge on any atom is -0.490 e. The van der Waals surface area contributed by atoms with Crippen LogP contribution < -0.4 is 14.8 Å². The summed E-state index contributed by atoms with van der Waals surface area (Å²) >= 11 is 5.88. The third-order valence-electron chi connectivity index (χ3n) is 2.64. The van der Waals surface area contributed by atoms with E-state index in [1.165, 1.54) is 0 Å². The molecule has 0 aliphatic rings. The van der Waals surface area contributed by atoms with Crippen molar-refractivity contribution in [1.29, 1.82) is 0 Å². The minimum absolute atomic E-state index is 0.260. The number of para-hydroxylation sites is 2. The lowest BCUT2D eigenvalue weighted by molar-refractivity contribution is 0.276. The van der Waals surface area contributed by atoms with Crippen molar-refractivity contribution in [3.05, 3.63) is 24.3 Å². The molecule has 0 bridgehead atoms. The number of alkyl halides is 1. The molecule has 0 aromatic heterocycles. The third-order valence-corrected chi connectivity index (χ3v) is 2.86. The Hall–Kier alpha value is -0.930. The van der Waals surface area contributed by atoms with Crippen molar-refractivity contribution in [2.45, 2.75) is 32.1 Å². The lowest BCUT2D eigenvalue weighted by Crippen LogP contribution is -2.22. The van der Waals surface area contributed by atoms with Crippen LogP contribution in [-0.2, 0) is 0 Å². The van der Waals surface area contributed by atoms with Crippen molar-refractivity contribution in [1.82, 2.24) is 5.32 Å². The highest BCUT2D eigenvalue weighted by molar-refractivity contribution is 6.20. The van der Waals surface area contributed by atoms with Gasteiger partial charge in [-0.2, -0.15) is 0 Å². The summed E-state index contributed by atoms with van der Waals surface area (Å²) in [7, 11) is 0. The number of hydrogen-bond acceptors (Lipinski definition) is 3. The molecule has 1 rings (SSSR count). The highest BCUT2D eigenvalue weighted by Crippen LogP contribution is 2.25. The molecule has 3 nitrogen and oxygen atoms in total. The molecule has 0 amide bonds. The van der Waals surface area contributed by atoms with E-state index in [4.69, 9.17) is 21.1 Å². The topological polar surface area (TPSA) is 30.5 Å². The van der Waals surface area contributed by atoms with Crippen molar-refractivity contribution < 1.29 is 9.47 Å². The van der Waals surface area contributed by atoms with E-state index in [0.717, 1.165) is 37.4 Å². The molecular formula is C15H24ClNO2. The molecule has 19 heavy (non-hydrogen) atoms. The molecule has 0 saturated heterocycles. The van der Waals surface area contributed by atoms with Gasteiger partial charge in [0.25, 0.3) is 0 Å². The van der Waals surface area contributed by atoms with Crippen molar-refractivity contribution in [3.63, 3.8) is 0 Å². The molecule has 0 fully saturated rings. The Kier molecular flexibility index (Phi) is 8.43.